The Hall–Kier alpha value is -2.42. The van der Waals surface area contributed by atoms with E-state index in [-0.39, 0.29) is 11.7 Å². The van der Waals surface area contributed by atoms with Crippen molar-refractivity contribution in [2.75, 3.05) is 5.32 Å². The fourth-order valence-corrected chi connectivity index (χ4v) is 1.75. The van der Waals surface area contributed by atoms with Crippen LogP contribution in [0.15, 0.2) is 54.6 Å². The SMILES string of the molecule is CCc1ccc(NC(=O)C=Cc2ccc(F)cc2)cc1. The fraction of sp³-hybridized carbons (Fsp3) is 0.118. The molecule has 2 rings (SSSR count). The van der Waals surface area contributed by atoms with E-state index in [2.05, 4.69) is 12.2 Å². The van der Waals surface area contributed by atoms with Gasteiger partial charge in [-0.25, -0.2) is 4.39 Å². The highest BCUT2D eigenvalue weighted by atomic mass is 19.1. The van der Waals surface area contributed by atoms with E-state index in [0.29, 0.717) is 0 Å². The molecule has 0 aliphatic rings. The van der Waals surface area contributed by atoms with Crippen molar-refractivity contribution in [1.82, 2.24) is 0 Å². The molecule has 0 atom stereocenters. The van der Waals surface area contributed by atoms with E-state index in [0.717, 1.165) is 17.7 Å². The number of aryl methyl sites for hydroxylation is 1. The summed E-state index contributed by atoms with van der Waals surface area (Å²) >= 11 is 0. The van der Waals surface area contributed by atoms with Gasteiger partial charge in [-0.1, -0.05) is 31.2 Å². The zero-order valence-corrected chi connectivity index (χ0v) is 11.3. The third-order valence-corrected chi connectivity index (χ3v) is 2.93. The topological polar surface area (TPSA) is 29.1 Å². The molecular weight excluding hydrogens is 253 g/mol. The third kappa shape index (κ3) is 4.05. The highest BCUT2D eigenvalue weighted by Crippen LogP contribution is 2.10. The van der Waals surface area contributed by atoms with Crippen molar-refractivity contribution in [3.8, 4) is 0 Å². The lowest BCUT2D eigenvalue weighted by atomic mass is 10.1. The predicted octanol–water partition coefficient (Wildman–Crippen LogP) is 4.04. The first-order chi connectivity index (χ1) is 9.67. The highest BCUT2D eigenvalue weighted by molar-refractivity contribution is 6.01. The lowest BCUT2D eigenvalue weighted by Crippen LogP contribution is -2.07. The van der Waals surface area contributed by atoms with Gasteiger partial charge >= 0.3 is 0 Å². The normalized spacial score (nSPS) is 10.7. The summed E-state index contributed by atoms with van der Waals surface area (Å²) in [5, 5.41) is 2.78. The molecule has 0 saturated carbocycles. The van der Waals surface area contributed by atoms with Crippen LogP contribution in [0.4, 0.5) is 10.1 Å². The van der Waals surface area contributed by atoms with E-state index in [9.17, 15) is 9.18 Å². The lowest BCUT2D eigenvalue weighted by molar-refractivity contribution is -0.111. The quantitative estimate of drug-likeness (QED) is 0.834. The summed E-state index contributed by atoms with van der Waals surface area (Å²) in [5.74, 6) is -0.499. The number of carbonyl (C=O) groups is 1. The summed E-state index contributed by atoms with van der Waals surface area (Å²) in [6, 6.07) is 13.7. The van der Waals surface area contributed by atoms with Crippen molar-refractivity contribution in [2.24, 2.45) is 0 Å². The first-order valence-corrected chi connectivity index (χ1v) is 6.51. The summed E-state index contributed by atoms with van der Waals surface area (Å²) in [4.78, 5) is 11.7. The van der Waals surface area contributed by atoms with Crippen LogP contribution in [0.3, 0.4) is 0 Å². The fourth-order valence-electron chi connectivity index (χ4n) is 1.75. The molecule has 0 aliphatic carbocycles. The average molecular weight is 269 g/mol. The zero-order valence-electron chi connectivity index (χ0n) is 11.3. The van der Waals surface area contributed by atoms with Crippen molar-refractivity contribution in [1.29, 1.82) is 0 Å². The molecule has 102 valence electrons. The average Bonchev–Trinajstić information content (AvgIpc) is 2.47. The summed E-state index contributed by atoms with van der Waals surface area (Å²) < 4.78 is 12.7. The smallest absolute Gasteiger partial charge is 0.248 e. The van der Waals surface area contributed by atoms with Gasteiger partial charge < -0.3 is 5.32 Å². The monoisotopic (exact) mass is 269 g/mol. The summed E-state index contributed by atoms with van der Waals surface area (Å²) in [6.45, 7) is 2.08. The van der Waals surface area contributed by atoms with Gasteiger partial charge in [-0.2, -0.15) is 0 Å². The Morgan fingerprint density at radius 3 is 2.35 bits per heavy atom. The molecule has 1 N–H and O–H groups in total. The summed E-state index contributed by atoms with van der Waals surface area (Å²) in [7, 11) is 0. The Labute approximate surface area is 118 Å². The van der Waals surface area contributed by atoms with Gasteiger partial charge in [0.1, 0.15) is 5.82 Å². The van der Waals surface area contributed by atoms with Gasteiger partial charge in [0.15, 0.2) is 0 Å². The number of carbonyl (C=O) groups excluding carboxylic acids is 1. The van der Waals surface area contributed by atoms with E-state index in [1.165, 1.54) is 23.8 Å². The first kappa shape index (κ1) is 14.0. The molecule has 0 aromatic heterocycles. The Morgan fingerprint density at radius 2 is 1.75 bits per heavy atom. The third-order valence-electron chi connectivity index (χ3n) is 2.93. The van der Waals surface area contributed by atoms with Crippen LogP contribution < -0.4 is 5.32 Å². The molecule has 0 spiro atoms. The van der Waals surface area contributed by atoms with Crippen LogP contribution in [-0.2, 0) is 11.2 Å². The molecule has 1 amide bonds. The number of benzene rings is 2. The number of anilines is 1. The zero-order chi connectivity index (χ0) is 14.4. The molecule has 0 saturated heterocycles. The van der Waals surface area contributed by atoms with Crippen molar-refractivity contribution in [3.63, 3.8) is 0 Å². The summed E-state index contributed by atoms with van der Waals surface area (Å²) in [5.41, 5.74) is 2.77. The van der Waals surface area contributed by atoms with Crippen LogP contribution in [0, 0.1) is 5.82 Å². The van der Waals surface area contributed by atoms with Gasteiger partial charge in [0.25, 0.3) is 0 Å². The van der Waals surface area contributed by atoms with Gasteiger partial charge in [0, 0.05) is 11.8 Å². The Morgan fingerprint density at radius 1 is 1.10 bits per heavy atom. The Bertz CT molecular complexity index is 600. The van der Waals surface area contributed by atoms with Gasteiger partial charge in [-0.3, -0.25) is 4.79 Å². The molecule has 2 aromatic rings. The minimum Gasteiger partial charge on any atom is -0.323 e. The molecule has 2 aromatic carbocycles. The Balaban J connectivity index is 1.96. The van der Waals surface area contributed by atoms with Gasteiger partial charge in [0.2, 0.25) is 5.91 Å². The largest absolute Gasteiger partial charge is 0.323 e. The van der Waals surface area contributed by atoms with Crippen LogP contribution >= 0.6 is 0 Å². The second-order valence-electron chi connectivity index (χ2n) is 4.42. The maximum Gasteiger partial charge on any atom is 0.248 e. The molecule has 20 heavy (non-hydrogen) atoms. The number of hydrogen-bond acceptors (Lipinski definition) is 1. The molecule has 3 heteroatoms. The van der Waals surface area contributed by atoms with E-state index < -0.39 is 0 Å². The molecule has 0 heterocycles. The van der Waals surface area contributed by atoms with Crippen LogP contribution in [0.2, 0.25) is 0 Å². The van der Waals surface area contributed by atoms with Crippen molar-refractivity contribution in [2.45, 2.75) is 13.3 Å². The van der Waals surface area contributed by atoms with Gasteiger partial charge in [-0.05, 0) is 47.9 Å². The van der Waals surface area contributed by atoms with E-state index in [4.69, 9.17) is 0 Å². The molecule has 0 unspecified atom stereocenters. The minimum absolute atomic E-state index is 0.210. The molecule has 0 bridgehead atoms. The second-order valence-corrected chi connectivity index (χ2v) is 4.42. The second kappa shape index (κ2) is 6.66. The van der Waals surface area contributed by atoms with Gasteiger partial charge in [0.05, 0.1) is 0 Å². The van der Waals surface area contributed by atoms with Crippen LogP contribution in [-0.4, -0.2) is 5.91 Å². The molecule has 0 radical (unpaired) electrons. The van der Waals surface area contributed by atoms with Crippen LogP contribution in [0.25, 0.3) is 6.08 Å². The molecule has 0 aliphatic heterocycles. The number of amides is 1. The predicted molar refractivity (Wildman–Crippen MR) is 79.9 cm³/mol. The molecular formula is C17H16FNO. The van der Waals surface area contributed by atoms with Crippen molar-refractivity contribution < 1.29 is 9.18 Å². The maximum atomic E-state index is 12.7. The van der Waals surface area contributed by atoms with Gasteiger partial charge in [-0.15, -0.1) is 0 Å². The highest BCUT2D eigenvalue weighted by Gasteiger charge is 1.98. The summed E-state index contributed by atoms with van der Waals surface area (Å²) in [6.07, 6.45) is 4.05. The van der Waals surface area contributed by atoms with Crippen LogP contribution in [0.5, 0.6) is 0 Å². The van der Waals surface area contributed by atoms with Crippen molar-refractivity contribution in [3.05, 3.63) is 71.6 Å². The van der Waals surface area contributed by atoms with E-state index in [1.54, 1.807) is 18.2 Å². The first-order valence-electron chi connectivity index (χ1n) is 6.51. The number of halogens is 1. The number of nitrogens with one attached hydrogen (secondary N) is 1. The lowest BCUT2D eigenvalue weighted by Gasteiger charge is -2.03. The van der Waals surface area contributed by atoms with Crippen molar-refractivity contribution >= 4 is 17.7 Å². The minimum atomic E-state index is -0.289. The molecule has 2 nitrogen and oxygen atoms in total. The van der Waals surface area contributed by atoms with Crippen LogP contribution in [0.1, 0.15) is 18.1 Å². The molecule has 0 fully saturated rings. The number of hydrogen-bond donors (Lipinski definition) is 1. The van der Waals surface area contributed by atoms with E-state index >= 15 is 0 Å². The standard InChI is InChI=1S/C17H16FNO/c1-2-13-5-10-16(11-6-13)19-17(20)12-7-14-3-8-15(18)9-4-14/h3-12H,2H2,1H3,(H,19,20). The maximum absolute atomic E-state index is 12.7. The Kier molecular flexibility index (Phi) is 4.66. The van der Waals surface area contributed by atoms with E-state index in [1.807, 2.05) is 24.3 Å². The number of rotatable bonds is 4.